The van der Waals surface area contributed by atoms with Gasteiger partial charge in [-0.05, 0) is 77.6 Å². The van der Waals surface area contributed by atoms with Crippen molar-refractivity contribution in [3.63, 3.8) is 0 Å². The average Bonchev–Trinajstić information content (AvgIpc) is 3.87. The van der Waals surface area contributed by atoms with Crippen molar-refractivity contribution < 1.29 is 62.7 Å². The van der Waals surface area contributed by atoms with Crippen LogP contribution in [-0.2, 0) is 29.1 Å². The van der Waals surface area contributed by atoms with Gasteiger partial charge in [0.2, 0.25) is 19.4 Å². The molecule has 6 heterocycles. The maximum Gasteiger partial charge on any atom is 0.258 e. The number of aliphatic hydroxyl groups excluding tert-OH is 1. The van der Waals surface area contributed by atoms with E-state index in [4.69, 9.17) is 42.6 Å². The van der Waals surface area contributed by atoms with Gasteiger partial charge in [0.25, 0.3) is 5.91 Å². The zero-order chi connectivity index (χ0) is 38.0. The van der Waals surface area contributed by atoms with E-state index in [1.165, 1.54) is 28.4 Å². The molecule has 0 saturated heterocycles. The summed E-state index contributed by atoms with van der Waals surface area (Å²) in [5, 5.41) is 39.1. The fourth-order valence-corrected chi connectivity index (χ4v) is 9.33. The minimum atomic E-state index is -2.35. The number of carbonyl (C=O) groups is 1. The minimum absolute atomic E-state index is 0.0215. The zero-order valence-electron chi connectivity index (χ0n) is 30.4. The molecule has 15 heteroatoms. The fourth-order valence-electron chi connectivity index (χ4n) is 9.33. The largest absolute Gasteiger partial charge is 0.493 e. The summed E-state index contributed by atoms with van der Waals surface area (Å²) in [6.45, 7) is 0.424. The minimum Gasteiger partial charge on any atom is -0.493 e. The van der Waals surface area contributed by atoms with Gasteiger partial charge in [0.05, 0.1) is 34.0 Å². The third-order valence-corrected chi connectivity index (χ3v) is 11.8. The molecular formula is C40H38N2O13. The molecule has 0 saturated carbocycles. The number of aliphatic hydroxyl groups is 3. The smallest absolute Gasteiger partial charge is 0.258 e. The second-order valence-electron chi connectivity index (χ2n) is 14.2. The second-order valence-corrected chi connectivity index (χ2v) is 14.2. The van der Waals surface area contributed by atoms with E-state index < -0.39 is 35.8 Å². The van der Waals surface area contributed by atoms with E-state index in [1.807, 2.05) is 12.1 Å². The summed E-state index contributed by atoms with van der Waals surface area (Å²) in [5.41, 5.74) is 1.23. The average molecular weight is 755 g/mol. The molecule has 55 heavy (non-hydrogen) atoms. The number of amides is 1. The highest BCUT2D eigenvalue weighted by molar-refractivity contribution is 6.01. The van der Waals surface area contributed by atoms with E-state index in [2.05, 4.69) is 0 Å². The van der Waals surface area contributed by atoms with Crippen molar-refractivity contribution in [2.45, 2.75) is 42.7 Å². The van der Waals surface area contributed by atoms with Gasteiger partial charge in [-0.15, -0.1) is 0 Å². The molecule has 6 aliphatic heterocycles. The van der Waals surface area contributed by atoms with Crippen LogP contribution in [0.25, 0.3) is 0 Å². The van der Waals surface area contributed by atoms with Gasteiger partial charge in [-0.1, -0.05) is 6.07 Å². The summed E-state index contributed by atoms with van der Waals surface area (Å²) in [5.74, 6) is 0.227. The molecule has 15 nitrogen and oxygen atoms in total. The van der Waals surface area contributed by atoms with Crippen LogP contribution in [0.3, 0.4) is 0 Å². The lowest BCUT2D eigenvalue weighted by Gasteiger charge is -2.57. The second kappa shape index (κ2) is 12.0. The first-order valence-electron chi connectivity index (χ1n) is 17.9. The van der Waals surface area contributed by atoms with Crippen molar-refractivity contribution in [1.29, 1.82) is 0 Å². The number of hydrogen-bond acceptors (Lipinski definition) is 14. The molecule has 0 aromatic heterocycles. The summed E-state index contributed by atoms with van der Waals surface area (Å²) in [7, 11) is 5.86. The van der Waals surface area contributed by atoms with Crippen LogP contribution in [0.15, 0.2) is 48.5 Å². The maximum atomic E-state index is 14.7. The number of benzene rings is 4. The van der Waals surface area contributed by atoms with E-state index in [-0.39, 0.29) is 60.6 Å². The molecule has 5 atom stereocenters. The summed E-state index contributed by atoms with van der Waals surface area (Å²) in [4.78, 5) is 17.9. The van der Waals surface area contributed by atoms with E-state index in [0.717, 1.165) is 11.1 Å². The number of methoxy groups -OCH3 is 4. The maximum absolute atomic E-state index is 14.7. The van der Waals surface area contributed by atoms with E-state index in [9.17, 15) is 20.1 Å². The Labute approximate surface area is 314 Å². The molecule has 4 aromatic rings. The molecular weight excluding hydrogens is 716 g/mol. The molecule has 10 rings (SSSR count). The van der Waals surface area contributed by atoms with Crippen LogP contribution in [0.2, 0.25) is 0 Å². The summed E-state index contributed by atoms with van der Waals surface area (Å²) >= 11 is 0. The van der Waals surface area contributed by atoms with Gasteiger partial charge in [0, 0.05) is 29.8 Å². The van der Waals surface area contributed by atoms with Crippen LogP contribution in [0.4, 0.5) is 0 Å². The summed E-state index contributed by atoms with van der Waals surface area (Å²) < 4.78 is 53.2. The highest BCUT2D eigenvalue weighted by Crippen LogP contribution is 2.61. The van der Waals surface area contributed by atoms with E-state index >= 15 is 0 Å². The Kier molecular flexibility index (Phi) is 7.45. The van der Waals surface area contributed by atoms with Gasteiger partial charge in [0.1, 0.15) is 18.4 Å². The Morgan fingerprint density at radius 3 is 2.02 bits per heavy atom. The van der Waals surface area contributed by atoms with Crippen molar-refractivity contribution >= 4 is 5.91 Å². The van der Waals surface area contributed by atoms with Gasteiger partial charge < -0.3 is 62.9 Å². The molecule has 0 bridgehead atoms. The van der Waals surface area contributed by atoms with Crippen molar-refractivity contribution in [1.82, 2.24) is 9.80 Å². The molecule has 0 radical (unpaired) electrons. The molecule has 6 aliphatic rings. The Balaban J connectivity index is 1.23. The molecule has 3 N–H and O–H groups in total. The monoisotopic (exact) mass is 754 g/mol. The van der Waals surface area contributed by atoms with Crippen LogP contribution in [-0.4, -0.2) is 86.1 Å². The van der Waals surface area contributed by atoms with Gasteiger partial charge in [-0.25, -0.2) is 4.90 Å². The molecule has 1 amide bonds. The third-order valence-electron chi connectivity index (χ3n) is 11.8. The van der Waals surface area contributed by atoms with Crippen molar-refractivity contribution in [2.24, 2.45) is 0 Å². The number of rotatable bonds is 6. The Morgan fingerprint density at radius 2 is 1.33 bits per heavy atom. The summed E-state index contributed by atoms with van der Waals surface area (Å²) in [6.07, 6.45) is -2.00. The van der Waals surface area contributed by atoms with Gasteiger partial charge >= 0.3 is 0 Å². The Bertz CT molecular complexity index is 2300. The van der Waals surface area contributed by atoms with Crippen molar-refractivity contribution in [3.05, 3.63) is 93.0 Å². The van der Waals surface area contributed by atoms with Crippen LogP contribution in [0.1, 0.15) is 67.7 Å². The van der Waals surface area contributed by atoms with Gasteiger partial charge in [-0.3, -0.25) is 4.79 Å². The van der Waals surface area contributed by atoms with Gasteiger partial charge in [0.15, 0.2) is 51.7 Å². The first-order chi connectivity index (χ1) is 26.7. The van der Waals surface area contributed by atoms with Crippen LogP contribution < -0.4 is 37.9 Å². The standard InChI is InChI=1S/C40H38N2O13/c1-47-25-7-5-21-31(33(25)49-3)38(42-12-10-20-14-28-30(54-18-52-28)16-24(20)39(42,45)36(21)43)55-40(46)23-6-8-26(48-2)34(50-4)32(23)37(44)41-11-9-19-13-27-29(53-17-51-27)15-22(19)35(40)41/h5-8,13-16,35-36,38,43,45-46H,9-12,17-18H2,1-4H3/t35-,36-,38+,39-,40-/m1/s1. The number of nitrogens with zero attached hydrogens (tertiary/aromatic N) is 2. The van der Waals surface area contributed by atoms with Crippen LogP contribution >= 0.6 is 0 Å². The fraction of sp³-hybridized carbons (Fsp3) is 0.375. The molecule has 0 unspecified atom stereocenters. The first-order valence-corrected chi connectivity index (χ1v) is 17.9. The SMILES string of the molecule is COc1ccc2c(c1OC)C(=O)N1CCc3cc4c(cc3[C@@H]1[C@]2(O)O[C@H]1c2c(ccc(OC)c2OC)[C@@H](O)[C@]2(O)c3cc5c(cc3CCN12)OCO5)OCO4. The normalized spacial score (nSPS) is 26.6. The molecule has 286 valence electrons. The molecule has 0 fully saturated rings. The molecule has 0 aliphatic carbocycles. The Hall–Kier alpha value is -5.45. The number of ether oxygens (including phenoxy) is 9. The van der Waals surface area contributed by atoms with Crippen molar-refractivity contribution in [2.75, 3.05) is 55.1 Å². The van der Waals surface area contributed by atoms with E-state index in [1.54, 1.807) is 46.2 Å². The lowest BCUT2D eigenvalue weighted by Crippen LogP contribution is -2.62. The highest BCUT2D eigenvalue weighted by Gasteiger charge is 2.62. The molecule has 0 spiro atoms. The summed E-state index contributed by atoms with van der Waals surface area (Å²) in [6, 6.07) is 12.5. The quantitative estimate of drug-likeness (QED) is 0.245. The highest BCUT2D eigenvalue weighted by atomic mass is 16.7. The van der Waals surface area contributed by atoms with Crippen LogP contribution in [0, 0.1) is 0 Å². The number of carbonyl (C=O) groups excluding carboxylic acids is 1. The van der Waals surface area contributed by atoms with E-state index in [0.29, 0.717) is 58.3 Å². The van der Waals surface area contributed by atoms with Crippen molar-refractivity contribution in [3.8, 4) is 46.0 Å². The molecule has 4 aromatic carbocycles. The third kappa shape index (κ3) is 4.46. The zero-order valence-corrected chi connectivity index (χ0v) is 30.4. The predicted octanol–water partition coefficient (Wildman–Crippen LogP) is 3.54. The number of fused-ring (bicyclic) bond motifs is 10. The van der Waals surface area contributed by atoms with Gasteiger partial charge in [-0.2, -0.15) is 0 Å². The lowest BCUT2D eigenvalue weighted by atomic mass is 9.76. The first kappa shape index (κ1) is 34.1. The topological polar surface area (TPSA) is 167 Å². The lowest BCUT2D eigenvalue weighted by molar-refractivity contribution is -0.345. The van der Waals surface area contributed by atoms with Crippen LogP contribution in [0.5, 0.6) is 46.0 Å². The number of hydrogen-bond donors (Lipinski definition) is 3. The Morgan fingerprint density at radius 1 is 0.709 bits per heavy atom. The predicted molar refractivity (Wildman–Crippen MR) is 189 cm³/mol.